The molecule has 0 aliphatic carbocycles. The molecular formula is C73H129N2O6P. The smallest absolute Gasteiger partial charge is 0.268 e. The highest BCUT2D eigenvalue weighted by Crippen LogP contribution is 2.38. The maximum absolute atomic E-state index is 13.0. The highest BCUT2D eigenvalue weighted by molar-refractivity contribution is 7.45. The SMILES string of the molecule is CC/C=C\C/C=C\C/C=C\C/C=C\C/C=C\C/C=C\C/C=C\CCCCCCCCCC(=O)NC(COP(=O)([O-])OCC[N+](C)(C)C)C(O)/C=C/CC/C=C/CC/C=C/CCCCCCCCCCCCCCCCCCCCCCC. The summed E-state index contributed by atoms with van der Waals surface area (Å²) in [5.74, 6) is -0.226. The van der Waals surface area contributed by atoms with E-state index in [0.717, 1.165) is 103 Å². The number of allylic oxidation sites excluding steroid dienone is 19. The van der Waals surface area contributed by atoms with Gasteiger partial charge in [0, 0.05) is 6.42 Å². The van der Waals surface area contributed by atoms with E-state index in [1.54, 1.807) is 6.08 Å². The van der Waals surface area contributed by atoms with Gasteiger partial charge in [-0.15, -0.1) is 0 Å². The van der Waals surface area contributed by atoms with E-state index in [1.165, 1.54) is 161 Å². The Balaban J connectivity index is 4.23. The van der Waals surface area contributed by atoms with E-state index in [-0.39, 0.29) is 12.5 Å². The Hall–Kier alpha value is -3.10. The van der Waals surface area contributed by atoms with Crippen LogP contribution in [0.25, 0.3) is 0 Å². The van der Waals surface area contributed by atoms with Crippen molar-refractivity contribution in [2.45, 2.75) is 296 Å². The lowest BCUT2D eigenvalue weighted by Crippen LogP contribution is -2.45. The van der Waals surface area contributed by atoms with E-state index >= 15 is 0 Å². The standard InChI is InChI=1S/C73H129N2O6P/c1-6-8-10-12-14-16-18-20-22-24-26-28-30-32-34-36-37-39-40-42-44-46-48-50-52-54-56-58-60-62-64-66-72(76)71(70-81-82(78,79)80-69-68-75(3,4)5)74-73(77)67-65-63-61-59-57-55-53-51-49-47-45-43-41-38-35-33-31-29-27-25-23-21-19-17-15-13-11-9-7-2/h9,11,15,17,21,23,27,29,33,35,41,43,47-50,56,58,64,66,71-72,76H,6-8,10,12-14,16,18-20,22,24-26,28,30-32,34,36-40,42,44-46,51-55,57,59-63,65,67-70H2,1-5H3,(H-,74,77,78,79)/b11-9-,17-15-,23-21-,29-27-,35-33-,43-41-,49-47-,50-48+,58-56+,66-64+. The first-order valence-corrected chi connectivity index (χ1v) is 35.4. The second-order valence-corrected chi connectivity index (χ2v) is 25.2. The molecule has 0 aliphatic heterocycles. The minimum atomic E-state index is -4.63. The first-order valence-electron chi connectivity index (χ1n) is 33.9. The van der Waals surface area contributed by atoms with E-state index in [4.69, 9.17) is 9.05 Å². The molecule has 0 radical (unpaired) electrons. The fourth-order valence-electron chi connectivity index (χ4n) is 9.40. The zero-order valence-electron chi connectivity index (χ0n) is 53.9. The zero-order valence-corrected chi connectivity index (χ0v) is 54.8. The number of unbranched alkanes of at least 4 members (excludes halogenated alkanes) is 30. The van der Waals surface area contributed by atoms with Gasteiger partial charge >= 0.3 is 0 Å². The van der Waals surface area contributed by atoms with E-state index in [1.807, 2.05) is 27.2 Å². The number of aliphatic hydroxyl groups excluding tert-OH is 1. The molecule has 82 heavy (non-hydrogen) atoms. The number of carbonyl (C=O) groups is 1. The van der Waals surface area contributed by atoms with Gasteiger partial charge in [0.1, 0.15) is 13.2 Å². The van der Waals surface area contributed by atoms with E-state index in [9.17, 15) is 19.4 Å². The van der Waals surface area contributed by atoms with Gasteiger partial charge in [-0.3, -0.25) is 9.36 Å². The number of rotatable bonds is 61. The van der Waals surface area contributed by atoms with Crippen LogP contribution in [-0.2, 0) is 18.4 Å². The number of quaternary nitrogens is 1. The monoisotopic (exact) mass is 1160 g/mol. The third-order valence-electron chi connectivity index (χ3n) is 14.6. The first kappa shape index (κ1) is 78.9. The summed E-state index contributed by atoms with van der Waals surface area (Å²) in [6.45, 7) is 4.51. The number of nitrogens with zero attached hydrogens (tertiary/aromatic N) is 1. The lowest BCUT2D eigenvalue weighted by atomic mass is 10.0. The van der Waals surface area contributed by atoms with Crippen LogP contribution in [-0.4, -0.2) is 68.5 Å². The summed E-state index contributed by atoms with van der Waals surface area (Å²) in [6.07, 6.45) is 93.2. The van der Waals surface area contributed by atoms with Gasteiger partial charge in [0.2, 0.25) is 5.91 Å². The highest BCUT2D eigenvalue weighted by atomic mass is 31.2. The lowest BCUT2D eigenvalue weighted by Gasteiger charge is -2.29. The van der Waals surface area contributed by atoms with Crippen LogP contribution in [0.4, 0.5) is 0 Å². The van der Waals surface area contributed by atoms with Gasteiger partial charge in [-0.05, 0) is 103 Å². The van der Waals surface area contributed by atoms with Crippen molar-refractivity contribution in [3.8, 4) is 0 Å². The molecule has 472 valence electrons. The van der Waals surface area contributed by atoms with Gasteiger partial charge in [0.15, 0.2) is 0 Å². The molecule has 0 aromatic heterocycles. The van der Waals surface area contributed by atoms with Gasteiger partial charge in [0.05, 0.1) is 39.9 Å². The largest absolute Gasteiger partial charge is 0.756 e. The minimum Gasteiger partial charge on any atom is -0.756 e. The van der Waals surface area contributed by atoms with E-state index in [0.29, 0.717) is 17.4 Å². The molecular weight excluding hydrogens is 1030 g/mol. The Morgan fingerprint density at radius 3 is 1.13 bits per heavy atom. The van der Waals surface area contributed by atoms with Crippen LogP contribution in [0.3, 0.4) is 0 Å². The quantitative estimate of drug-likeness (QED) is 0.0272. The number of aliphatic hydroxyl groups is 1. The predicted molar refractivity (Wildman–Crippen MR) is 357 cm³/mol. The van der Waals surface area contributed by atoms with Gasteiger partial charge in [-0.25, -0.2) is 0 Å². The summed E-state index contributed by atoms with van der Waals surface area (Å²) < 4.78 is 23.4. The molecule has 3 unspecified atom stereocenters. The second-order valence-electron chi connectivity index (χ2n) is 23.8. The van der Waals surface area contributed by atoms with E-state index < -0.39 is 26.6 Å². The molecule has 0 bridgehead atoms. The molecule has 2 N–H and O–H groups in total. The van der Waals surface area contributed by atoms with E-state index in [2.05, 4.69) is 129 Å². The van der Waals surface area contributed by atoms with Gasteiger partial charge < -0.3 is 28.8 Å². The van der Waals surface area contributed by atoms with Crippen LogP contribution in [0.15, 0.2) is 122 Å². The Bertz CT molecular complexity index is 1750. The summed E-state index contributed by atoms with van der Waals surface area (Å²) in [5.41, 5.74) is 0. The average Bonchev–Trinajstić information content (AvgIpc) is 3.47. The van der Waals surface area contributed by atoms with Crippen molar-refractivity contribution < 1.29 is 32.9 Å². The fraction of sp³-hybridized carbons (Fsp3) is 0.712. The molecule has 9 heteroatoms. The van der Waals surface area contributed by atoms with Crippen molar-refractivity contribution in [2.75, 3.05) is 40.9 Å². The first-order chi connectivity index (χ1) is 40.0. The number of likely N-dealkylation sites (N-methyl/N-ethyl adjacent to an activating group) is 1. The molecule has 0 saturated carbocycles. The van der Waals surface area contributed by atoms with Crippen LogP contribution < -0.4 is 10.2 Å². The number of hydrogen-bond acceptors (Lipinski definition) is 6. The Morgan fingerprint density at radius 1 is 0.439 bits per heavy atom. The number of nitrogens with one attached hydrogen (secondary N) is 1. The topological polar surface area (TPSA) is 108 Å². The highest BCUT2D eigenvalue weighted by Gasteiger charge is 2.23. The van der Waals surface area contributed by atoms with Crippen molar-refractivity contribution in [1.29, 1.82) is 0 Å². The van der Waals surface area contributed by atoms with Crippen LogP contribution in [0.1, 0.15) is 284 Å². The lowest BCUT2D eigenvalue weighted by molar-refractivity contribution is -0.870. The molecule has 0 heterocycles. The van der Waals surface area contributed by atoms with Crippen molar-refractivity contribution >= 4 is 13.7 Å². The van der Waals surface area contributed by atoms with Gasteiger partial charge in [-0.2, -0.15) is 0 Å². The maximum Gasteiger partial charge on any atom is 0.268 e. The summed E-state index contributed by atoms with van der Waals surface area (Å²) in [4.78, 5) is 25.6. The molecule has 3 atom stereocenters. The van der Waals surface area contributed by atoms with Crippen LogP contribution >= 0.6 is 7.82 Å². The fourth-order valence-corrected chi connectivity index (χ4v) is 10.1. The molecule has 0 rings (SSSR count). The number of phosphoric acid groups is 1. The molecule has 0 fully saturated rings. The van der Waals surface area contributed by atoms with Crippen LogP contribution in [0.2, 0.25) is 0 Å². The summed E-state index contributed by atoms with van der Waals surface area (Å²) in [7, 11) is 1.21. The Labute approximate surface area is 507 Å². The van der Waals surface area contributed by atoms with Crippen LogP contribution in [0.5, 0.6) is 0 Å². The Morgan fingerprint density at radius 2 is 0.756 bits per heavy atom. The number of amides is 1. The maximum atomic E-state index is 13.0. The minimum absolute atomic E-state index is 0.0178. The average molecular weight is 1160 g/mol. The molecule has 0 spiro atoms. The number of phosphoric ester groups is 1. The molecule has 0 aliphatic rings. The summed E-state index contributed by atoms with van der Waals surface area (Å²) >= 11 is 0. The Kier molecular flexibility index (Phi) is 60.1. The van der Waals surface area contributed by atoms with Gasteiger partial charge in [-0.1, -0.05) is 296 Å². The summed E-state index contributed by atoms with van der Waals surface area (Å²) in [5, 5.41) is 13.9. The summed E-state index contributed by atoms with van der Waals surface area (Å²) in [6, 6.07) is -0.927. The molecule has 0 saturated heterocycles. The predicted octanol–water partition coefficient (Wildman–Crippen LogP) is 21.0. The molecule has 0 aromatic rings. The van der Waals surface area contributed by atoms with Gasteiger partial charge in [0.25, 0.3) is 7.82 Å². The number of hydrogen-bond donors (Lipinski definition) is 2. The zero-order chi connectivity index (χ0) is 59.8. The van der Waals surface area contributed by atoms with Crippen molar-refractivity contribution in [3.05, 3.63) is 122 Å². The molecule has 8 nitrogen and oxygen atoms in total. The third-order valence-corrected chi connectivity index (χ3v) is 15.6. The second kappa shape index (κ2) is 62.4. The normalized spacial score (nSPS) is 14.5. The van der Waals surface area contributed by atoms with Crippen LogP contribution in [0, 0.1) is 0 Å². The van der Waals surface area contributed by atoms with Crippen molar-refractivity contribution in [3.63, 3.8) is 0 Å². The number of carbonyl (C=O) groups excluding carboxylic acids is 1. The van der Waals surface area contributed by atoms with Crippen molar-refractivity contribution in [1.82, 2.24) is 5.32 Å². The van der Waals surface area contributed by atoms with Crippen molar-refractivity contribution in [2.24, 2.45) is 0 Å². The molecule has 1 amide bonds. The molecule has 0 aromatic carbocycles. The third kappa shape index (κ3) is 64.5.